The summed E-state index contributed by atoms with van der Waals surface area (Å²) in [7, 11) is 1.63. The Bertz CT molecular complexity index is 634. The Morgan fingerprint density at radius 3 is 2.62 bits per heavy atom. The molecule has 0 aliphatic rings. The molecule has 1 heterocycles. The molecular weight excluding hydrogens is 304 g/mol. The Balaban J connectivity index is 1.95. The Labute approximate surface area is 143 Å². The van der Waals surface area contributed by atoms with E-state index >= 15 is 0 Å². The highest BCUT2D eigenvalue weighted by molar-refractivity contribution is 5.88. The Morgan fingerprint density at radius 1 is 1.25 bits per heavy atom. The molecule has 5 heteroatoms. The minimum Gasteiger partial charge on any atom is -0.497 e. The van der Waals surface area contributed by atoms with Crippen LogP contribution in [0.15, 0.2) is 36.7 Å². The topological polar surface area (TPSA) is 53.3 Å². The third-order valence-corrected chi connectivity index (χ3v) is 4.15. The molecule has 2 rings (SSSR count). The molecule has 1 aromatic carbocycles. The summed E-state index contributed by atoms with van der Waals surface area (Å²) < 4.78 is 12.2. The van der Waals surface area contributed by atoms with Gasteiger partial charge in [0, 0.05) is 6.20 Å². The predicted molar refractivity (Wildman–Crippen MR) is 93.7 cm³/mol. The molecule has 2 aromatic rings. The van der Waals surface area contributed by atoms with Crippen LogP contribution >= 0.6 is 0 Å². The number of carbonyl (C=O) groups is 1. The first-order chi connectivity index (χ1) is 11.7. The second-order valence-corrected chi connectivity index (χ2v) is 5.89. The lowest BCUT2D eigenvalue weighted by Gasteiger charge is -2.14. The van der Waals surface area contributed by atoms with E-state index in [4.69, 9.17) is 9.47 Å². The second-order valence-electron chi connectivity index (χ2n) is 5.89. The molecule has 24 heavy (non-hydrogen) atoms. The average Bonchev–Trinajstić information content (AvgIpc) is 3.12. The number of methoxy groups -OCH3 is 1. The van der Waals surface area contributed by atoms with Gasteiger partial charge in [-0.2, -0.15) is 5.10 Å². The van der Waals surface area contributed by atoms with Crippen molar-refractivity contribution in [1.82, 2.24) is 9.78 Å². The molecule has 0 N–H and O–H groups in total. The van der Waals surface area contributed by atoms with Crippen LogP contribution in [-0.2, 0) is 4.74 Å². The van der Waals surface area contributed by atoms with Gasteiger partial charge in [-0.05, 0) is 36.6 Å². The highest BCUT2D eigenvalue weighted by Gasteiger charge is 2.14. The van der Waals surface area contributed by atoms with Gasteiger partial charge < -0.3 is 9.47 Å². The van der Waals surface area contributed by atoms with Crippen molar-refractivity contribution >= 4 is 5.97 Å². The largest absolute Gasteiger partial charge is 0.497 e. The second kappa shape index (κ2) is 9.11. The molecule has 1 unspecified atom stereocenters. The van der Waals surface area contributed by atoms with Crippen LogP contribution in [0.1, 0.15) is 49.9 Å². The molecule has 1 aromatic heterocycles. The Hall–Kier alpha value is -2.30. The molecule has 0 radical (unpaired) electrons. The van der Waals surface area contributed by atoms with Gasteiger partial charge in [0.25, 0.3) is 0 Å². The van der Waals surface area contributed by atoms with Crippen molar-refractivity contribution < 1.29 is 14.3 Å². The van der Waals surface area contributed by atoms with E-state index in [1.807, 2.05) is 24.3 Å². The van der Waals surface area contributed by atoms with E-state index in [1.165, 1.54) is 12.8 Å². The van der Waals surface area contributed by atoms with Crippen LogP contribution < -0.4 is 4.74 Å². The molecule has 0 fully saturated rings. The van der Waals surface area contributed by atoms with Gasteiger partial charge in [-0.25, -0.2) is 9.48 Å². The quantitative estimate of drug-likeness (QED) is 0.645. The van der Waals surface area contributed by atoms with Crippen LogP contribution in [0.3, 0.4) is 0 Å². The van der Waals surface area contributed by atoms with Crippen LogP contribution in [0, 0.1) is 5.92 Å². The van der Waals surface area contributed by atoms with E-state index in [2.05, 4.69) is 18.9 Å². The number of ether oxygens (including phenoxy) is 2. The van der Waals surface area contributed by atoms with Crippen molar-refractivity contribution in [3.63, 3.8) is 0 Å². The van der Waals surface area contributed by atoms with Gasteiger partial charge in [0.1, 0.15) is 5.75 Å². The van der Waals surface area contributed by atoms with Crippen molar-refractivity contribution in [3.8, 4) is 11.4 Å². The van der Waals surface area contributed by atoms with Crippen molar-refractivity contribution in [2.75, 3.05) is 13.7 Å². The fraction of sp³-hybridized carbons (Fsp3) is 0.474. The lowest BCUT2D eigenvalue weighted by Crippen LogP contribution is -2.13. The number of esters is 1. The monoisotopic (exact) mass is 330 g/mol. The van der Waals surface area contributed by atoms with Crippen LogP contribution in [0.4, 0.5) is 0 Å². The molecule has 0 saturated carbocycles. The van der Waals surface area contributed by atoms with E-state index in [-0.39, 0.29) is 5.97 Å². The summed E-state index contributed by atoms with van der Waals surface area (Å²) >= 11 is 0. The molecule has 0 aliphatic heterocycles. The molecule has 0 saturated heterocycles. The average molecular weight is 330 g/mol. The van der Waals surface area contributed by atoms with Crippen molar-refractivity contribution in [2.45, 2.75) is 39.5 Å². The summed E-state index contributed by atoms with van der Waals surface area (Å²) in [4.78, 5) is 12.2. The van der Waals surface area contributed by atoms with Gasteiger partial charge in [-0.3, -0.25) is 0 Å². The van der Waals surface area contributed by atoms with E-state index in [9.17, 15) is 4.79 Å². The lowest BCUT2D eigenvalue weighted by atomic mass is 10.0. The molecule has 5 nitrogen and oxygen atoms in total. The SMILES string of the molecule is CCCCC(CC)COC(=O)c1cnn(-c2ccc(OC)cc2)c1. The molecule has 0 aliphatic carbocycles. The van der Waals surface area contributed by atoms with Crippen LogP contribution in [0.25, 0.3) is 5.69 Å². The zero-order chi connectivity index (χ0) is 17.4. The van der Waals surface area contributed by atoms with Crippen LogP contribution in [-0.4, -0.2) is 29.5 Å². The number of hydrogen-bond donors (Lipinski definition) is 0. The number of hydrogen-bond acceptors (Lipinski definition) is 4. The van der Waals surface area contributed by atoms with Crippen LogP contribution in [0.5, 0.6) is 5.75 Å². The van der Waals surface area contributed by atoms with Gasteiger partial charge in [-0.15, -0.1) is 0 Å². The highest BCUT2D eigenvalue weighted by Crippen LogP contribution is 2.16. The summed E-state index contributed by atoms with van der Waals surface area (Å²) in [5, 5.41) is 4.23. The third kappa shape index (κ3) is 4.85. The number of rotatable bonds is 9. The molecule has 1 atom stereocenters. The van der Waals surface area contributed by atoms with Crippen molar-refractivity contribution in [3.05, 3.63) is 42.2 Å². The zero-order valence-electron chi connectivity index (χ0n) is 14.7. The van der Waals surface area contributed by atoms with Gasteiger partial charge in [-0.1, -0.05) is 33.1 Å². The molecular formula is C19H26N2O3. The number of aromatic nitrogens is 2. The minimum atomic E-state index is -0.315. The molecule has 0 spiro atoms. The molecule has 0 bridgehead atoms. The lowest BCUT2D eigenvalue weighted by molar-refractivity contribution is 0.0428. The van der Waals surface area contributed by atoms with E-state index in [1.54, 1.807) is 24.2 Å². The normalized spacial score (nSPS) is 12.0. The van der Waals surface area contributed by atoms with E-state index < -0.39 is 0 Å². The molecule has 130 valence electrons. The number of unbranched alkanes of at least 4 members (excludes halogenated alkanes) is 1. The minimum absolute atomic E-state index is 0.315. The fourth-order valence-corrected chi connectivity index (χ4v) is 2.48. The van der Waals surface area contributed by atoms with E-state index in [0.717, 1.165) is 24.3 Å². The smallest absolute Gasteiger partial charge is 0.341 e. The number of nitrogens with zero attached hydrogens (tertiary/aromatic N) is 2. The van der Waals surface area contributed by atoms with Crippen molar-refractivity contribution in [1.29, 1.82) is 0 Å². The van der Waals surface area contributed by atoms with Gasteiger partial charge in [0.15, 0.2) is 0 Å². The van der Waals surface area contributed by atoms with Gasteiger partial charge >= 0.3 is 5.97 Å². The van der Waals surface area contributed by atoms with E-state index in [0.29, 0.717) is 18.1 Å². The zero-order valence-corrected chi connectivity index (χ0v) is 14.7. The first-order valence-electron chi connectivity index (χ1n) is 8.54. The third-order valence-electron chi connectivity index (χ3n) is 4.15. The summed E-state index contributed by atoms with van der Waals surface area (Å²) in [6, 6.07) is 7.49. The standard InChI is InChI=1S/C19H26N2O3/c1-4-6-7-15(5-2)14-24-19(22)16-12-20-21(13-16)17-8-10-18(23-3)11-9-17/h8-13,15H,4-7,14H2,1-3H3. The van der Waals surface area contributed by atoms with Crippen molar-refractivity contribution in [2.24, 2.45) is 5.92 Å². The summed E-state index contributed by atoms with van der Waals surface area (Å²) in [5.74, 6) is 0.901. The van der Waals surface area contributed by atoms with Gasteiger partial charge in [0.2, 0.25) is 0 Å². The summed E-state index contributed by atoms with van der Waals surface area (Å²) in [6.45, 7) is 4.78. The Kier molecular flexibility index (Phi) is 6.85. The number of carbonyl (C=O) groups excluding carboxylic acids is 1. The van der Waals surface area contributed by atoms with Crippen LogP contribution in [0.2, 0.25) is 0 Å². The summed E-state index contributed by atoms with van der Waals surface area (Å²) in [6.07, 6.45) is 7.70. The maximum Gasteiger partial charge on any atom is 0.341 e. The van der Waals surface area contributed by atoms with Gasteiger partial charge in [0.05, 0.1) is 31.2 Å². The number of benzene rings is 1. The summed E-state index contributed by atoms with van der Waals surface area (Å²) in [5.41, 5.74) is 1.33. The first kappa shape index (κ1) is 18.0. The predicted octanol–water partition coefficient (Wildman–Crippen LogP) is 4.25. The maximum absolute atomic E-state index is 12.2. The maximum atomic E-state index is 12.2. The molecule has 0 amide bonds. The fourth-order valence-electron chi connectivity index (χ4n) is 2.48. The highest BCUT2D eigenvalue weighted by atomic mass is 16.5. The Morgan fingerprint density at radius 2 is 2.00 bits per heavy atom. The first-order valence-corrected chi connectivity index (χ1v) is 8.54.